The molecule has 0 spiro atoms. The lowest BCUT2D eigenvalue weighted by Crippen LogP contribution is -2.45. The average molecular weight is 277 g/mol. The van der Waals surface area contributed by atoms with Crippen molar-refractivity contribution in [2.24, 2.45) is 5.92 Å². The first-order valence-electron chi connectivity index (χ1n) is 6.82. The van der Waals surface area contributed by atoms with Crippen LogP contribution in [0.25, 0.3) is 0 Å². The van der Waals surface area contributed by atoms with Crippen LogP contribution in [0.2, 0.25) is 0 Å². The predicted octanol–water partition coefficient (Wildman–Crippen LogP) is 1.85. The van der Waals surface area contributed by atoms with Crippen molar-refractivity contribution in [3.05, 3.63) is 29.3 Å². The zero-order valence-corrected chi connectivity index (χ0v) is 11.7. The first-order chi connectivity index (χ1) is 9.52. The third-order valence-corrected chi connectivity index (χ3v) is 3.72. The van der Waals surface area contributed by atoms with Gasteiger partial charge < -0.3 is 15.2 Å². The van der Waals surface area contributed by atoms with Gasteiger partial charge in [-0.25, -0.2) is 4.79 Å². The molecule has 0 aromatic heterocycles. The van der Waals surface area contributed by atoms with E-state index in [-0.39, 0.29) is 11.8 Å². The number of aliphatic carboxylic acids is 1. The van der Waals surface area contributed by atoms with Crippen LogP contribution in [0.4, 0.5) is 0 Å². The highest BCUT2D eigenvalue weighted by Gasteiger charge is 2.26. The van der Waals surface area contributed by atoms with E-state index in [2.05, 4.69) is 5.32 Å². The van der Waals surface area contributed by atoms with E-state index < -0.39 is 12.0 Å². The van der Waals surface area contributed by atoms with E-state index in [4.69, 9.17) is 4.74 Å². The van der Waals surface area contributed by atoms with Crippen molar-refractivity contribution in [3.63, 3.8) is 0 Å². The largest absolute Gasteiger partial charge is 0.493 e. The van der Waals surface area contributed by atoms with E-state index in [1.807, 2.05) is 13.8 Å². The number of rotatable bonds is 5. The number of ether oxygens (including phenoxy) is 1. The fraction of sp³-hybridized carbons (Fsp3) is 0.467. The van der Waals surface area contributed by atoms with Gasteiger partial charge in [-0.2, -0.15) is 0 Å². The molecule has 108 valence electrons. The molecule has 1 unspecified atom stereocenters. The van der Waals surface area contributed by atoms with Crippen molar-refractivity contribution in [2.45, 2.75) is 32.7 Å². The van der Waals surface area contributed by atoms with Gasteiger partial charge in [-0.1, -0.05) is 20.3 Å². The van der Waals surface area contributed by atoms with Crippen molar-refractivity contribution in [3.8, 4) is 5.75 Å². The molecule has 0 fully saturated rings. The van der Waals surface area contributed by atoms with Crippen molar-refractivity contribution >= 4 is 11.9 Å². The van der Waals surface area contributed by atoms with E-state index in [1.54, 1.807) is 18.2 Å². The summed E-state index contributed by atoms with van der Waals surface area (Å²) in [6, 6.07) is 4.33. The summed E-state index contributed by atoms with van der Waals surface area (Å²) in [5.41, 5.74) is 1.47. The van der Waals surface area contributed by atoms with E-state index in [9.17, 15) is 14.7 Å². The second kappa shape index (κ2) is 5.94. The van der Waals surface area contributed by atoms with Crippen LogP contribution in [-0.4, -0.2) is 29.6 Å². The van der Waals surface area contributed by atoms with E-state index >= 15 is 0 Å². The maximum atomic E-state index is 12.2. The summed E-state index contributed by atoms with van der Waals surface area (Å²) in [6.45, 7) is 4.35. The number of nitrogens with one attached hydrogen (secondary N) is 1. The molecule has 1 amide bonds. The number of carboxylic acids is 1. The van der Waals surface area contributed by atoms with Crippen LogP contribution < -0.4 is 10.1 Å². The Morgan fingerprint density at radius 1 is 1.45 bits per heavy atom. The van der Waals surface area contributed by atoms with Gasteiger partial charge in [-0.05, 0) is 29.7 Å². The molecule has 20 heavy (non-hydrogen) atoms. The van der Waals surface area contributed by atoms with Crippen LogP contribution in [0.15, 0.2) is 18.2 Å². The Balaban J connectivity index is 2.12. The SMILES string of the molecule is CCC(C)[C@H](NC(=O)c1ccc2c(c1)CCO2)C(=O)O. The molecule has 1 aliphatic heterocycles. The summed E-state index contributed by atoms with van der Waals surface area (Å²) in [4.78, 5) is 23.4. The number of amides is 1. The minimum atomic E-state index is -1.00. The number of fused-ring (bicyclic) bond motifs is 1. The highest BCUT2D eigenvalue weighted by atomic mass is 16.5. The Hall–Kier alpha value is -2.04. The number of hydrogen-bond donors (Lipinski definition) is 2. The van der Waals surface area contributed by atoms with E-state index in [1.165, 1.54) is 0 Å². The number of hydrogen-bond acceptors (Lipinski definition) is 3. The molecular weight excluding hydrogens is 258 g/mol. The van der Waals surface area contributed by atoms with Gasteiger partial charge in [0.15, 0.2) is 0 Å². The van der Waals surface area contributed by atoms with Crippen LogP contribution in [0.1, 0.15) is 36.2 Å². The highest BCUT2D eigenvalue weighted by Crippen LogP contribution is 2.25. The molecule has 2 atom stereocenters. The lowest BCUT2D eigenvalue weighted by Gasteiger charge is -2.20. The summed E-state index contributed by atoms with van der Waals surface area (Å²) in [5, 5.41) is 11.8. The van der Waals surface area contributed by atoms with Gasteiger partial charge in [-0.15, -0.1) is 0 Å². The molecule has 1 aromatic carbocycles. The Bertz CT molecular complexity index is 527. The lowest BCUT2D eigenvalue weighted by molar-refractivity contribution is -0.140. The van der Waals surface area contributed by atoms with Gasteiger partial charge in [0.05, 0.1) is 6.61 Å². The standard InChI is InChI=1S/C15H19NO4/c1-3-9(2)13(15(18)19)16-14(17)11-4-5-12-10(8-11)6-7-20-12/h4-5,8-9,13H,3,6-7H2,1-2H3,(H,16,17)(H,18,19)/t9?,13-/m0/s1. The molecule has 0 saturated carbocycles. The molecular formula is C15H19NO4. The average Bonchev–Trinajstić information content (AvgIpc) is 2.90. The molecule has 1 aromatic rings. The Morgan fingerprint density at radius 3 is 2.85 bits per heavy atom. The van der Waals surface area contributed by atoms with E-state index in [0.717, 1.165) is 17.7 Å². The van der Waals surface area contributed by atoms with Crippen molar-refractivity contribution in [1.82, 2.24) is 5.32 Å². The maximum absolute atomic E-state index is 12.2. The minimum Gasteiger partial charge on any atom is -0.493 e. The normalized spacial score (nSPS) is 15.9. The van der Waals surface area contributed by atoms with Crippen LogP contribution in [0.5, 0.6) is 5.75 Å². The summed E-state index contributed by atoms with van der Waals surface area (Å²) in [6.07, 6.45) is 1.47. The van der Waals surface area contributed by atoms with Gasteiger partial charge in [-0.3, -0.25) is 4.79 Å². The molecule has 1 aliphatic rings. The fourth-order valence-electron chi connectivity index (χ4n) is 2.24. The topological polar surface area (TPSA) is 75.6 Å². The second-order valence-corrected chi connectivity index (χ2v) is 5.10. The van der Waals surface area contributed by atoms with Crippen molar-refractivity contribution < 1.29 is 19.4 Å². The van der Waals surface area contributed by atoms with Crippen molar-refractivity contribution in [2.75, 3.05) is 6.61 Å². The Morgan fingerprint density at radius 2 is 2.20 bits per heavy atom. The van der Waals surface area contributed by atoms with Crippen LogP contribution in [0, 0.1) is 5.92 Å². The Labute approximate surface area is 117 Å². The molecule has 1 heterocycles. The zero-order valence-electron chi connectivity index (χ0n) is 11.7. The highest BCUT2D eigenvalue weighted by molar-refractivity contribution is 5.97. The first kappa shape index (κ1) is 14.4. The summed E-state index contributed by atoms with van der Waals surface area (Å²) >= 11 is 0. The van der Waals surface area contributed by atoms with Gasteiger partial charge in [0.2, 0.25) is 0 Å². The molecule has 0 saturated heterocycles. The number of carbonyl (C=O) groups is 2. The monoisotopic (exact) mass is 277 g/mol. The molecule has 0 radical (unpaired) electrons. The van der Waals surface area contributed by atoms with Gasteiger partial charge in [0, 0.05) is 12.0 Å². The summed E-state index contributed by atoms with van der Waals surface area (Å²) < 4.78 is 5.38. The van der Waals surface area contributed by atoms with Crippen LogP contribution >= 0.6 is 0 Å². The van der Waals surface area contributed by atoms with Crippen molar-refractivity contribution in [1.29, 1.82) is 0 Å². The minimum absolute atomic E-state index is 0.116. The quantitative estimate of drug-likeness (QED) is 0.861. The predicted molar refractivity (Wildman–Crippen MR) is 74.0 cm³/mol. The van der Waals surface area contributed by atoms with Gasteiger partial charge >= 0.3 is 5.97 Å². The lowest BCUT2D eigenvalue weighted by atomic mass is 9.98. The summed E-state index contributed by atoms with van der Waals surface area (Å²) in [7, 11) is 0. The van der Waals surface area contributed by atoms with Gasteiger partial charge in [0.25, 0.3) is 5.91 Å². The first-order valence-corrected chi connectivity index (χ1v) is 6.82. The molecule has 0 aliphatic carbocycles. The molecule has 5 nitrogen and oxygen atoms in total. The molecule has 5 heteroatoms. The Kier molecular flexibility index (Phi) is 4.27. The van der Waals surface area contributed by atoms with E-state index in [0.29, 0.717) is 18.6 Å². The smallest absolute Gasteiger partial charge is 0.326 e. The third kappa shape index (κ3) is 2.92. The van der Waals surface area contributed by atoms with Gasteiger partial charge in [0.1, 0.15) is 11.8 Å². The number of carboxylic acid groups (broad SMARTS) is 1. The molecule has 0 bridgehead atoms. The van der Waals surface area contributed by atoms with Crippen LogP contribution in [0.3, 0.4) is 0 Å². The second-order valence-electron chi connectivity index (χ2n) is 5.10. The molecule has 2 N–H and O–H groups in total. The maximum Gasteiger partial charge on any atom is 0.326 e. The summed E-state index contributed by atoms with van der Waals surface area (Å²) in [5.74, 6) is -0.669. The number of carbonyl (C=O) groups excluding carboxylic acids is 1. The van der Waals surface area contributed by atoms with Crippen LogP contribution in [-0.2, 0) is 11.2 Å². The fourth-order valence-corrected chi connectivity index (χ4v) is 2.24. The third-order valence-electron chi connectivity index (χ3n) is 3.72. The molecule has 2 rings (SSSR count). The zero-order chi connectivity index (χ0) is 14.7. The number of benzene rings is 1.